The minimum atomic E-state index is -4.71. The quantitative estimate of drug-likeness (QED) is 0.172. The number of hydrogen-bond acceptors (Lipinski definition) is 5. The molecule has 0 saturated heterocycles. The Morgan fingerprint density at radius 3 is 2.38 bits per heavy atom. The second-order valence-corrected chi connectivity index (χ2v) is 11.5. The molecule has 5 rings (SSSR count). The van der Waals surface area contributed by atoms with Crippen molar-refractivity contribution in [1.29, 1.82) is 0 Å². The van der Waals surface area contributed by atoms with Crippen molar-refractivity contribution in [3.05, 3.63) is 118 Å². The van der Waals surface area contributed by atoms with Gasteiger partial charge >= 0.3 is 12.1 Å². The maximum atomic E-state index is 14.0. The van der Waals surface area contributed by atoms with Crippen molar-refractivity contribution < 1.29 is 36.7 Å². The van der Waals surface area contributed by atoms with E-state index < -0.39 is 35.0 Å². The zero-order valence-electron chi connectivity index (χ0n) is 24.2. The molecule has 3 aromatic heterocycles. The number of carbonyl (C=O) groups is 2. The number of pyridine rings is 2. The van der Waals surface area contributed by atoms with Crippen LogP contribution in [0.2, 0.25) is 5.02 Å². The lowest BCUT2D eigenvalue weighted by Crippen LogP contribution is -2.30. The number of carboxylic acids is 1. The van der Waals surface area contributed by atoms with Crippen LogP contribution in [0, 0.1) is 12.7 Å². The fourth-order valence-electron chi connectivity index (χ4n) is 4.83. The lowest BCUT2D eigenvalue weighted by molar-refractivity contribution is -0.153. The summed E-state index contributed by atoms with van der Waals surface area (Å²) in [5.41, 5.74) is 2.10. The fourth-order valence-corrected chi connectivity index (χ4v) is 5.07. The Kier molecular flexibility index (Phi) is 8.41. The van der Waals surface area contributed by atoms with E-state index in [2.05, 4.69) is 9.97 Å². The van der Waals surface area contributed by atoms with Crippen LogP contribution >= 0.6 is 11.6 Å². The Bertz CT molecular complexity index is 1930. The largest absolute Gasteiger partial charge is 0.481 e. The summed E-state index contributed by atoms with van der Waals surface area (Å²) in [6, 6.07) is 16.7. The topological polar surface area (TPSA) is 96.5 Å². The first-order chi connectivity index (χ1) is 21.1. The van der Waals surface area contributed by atoms with Crippen molar-refractivity contribution >= 4 is 34.5 Å². The highest BCUT2D eigenvalue weighted by molar-refractivity contribution is 6.31. The molecule has 0 radical (unpaired) electrons. The summed E-state index contributed by atoms with van der Waals surface area (Å²) in [4.78, 5) is 35.3. The van der Waals surface area contributed by atoms with Gasteiger partial charge in [0, 0.05) is 23.3 Å². The van der Waals surface area contributed by atoms with Crippen LogP contribution < -0.4 is 0 Å². The summed E-state index contributed by atoms with van der Waals surface area (Å²) in [5, 5.41) is 9.90. The molecule has 0 atom stereocenters. The van der Waals surface area contributed by atoms with Crippen LogP contribution in [0.5, 0.6) is 0 Å². The highest BCUT2D eigenvalue weighted by Crippen LogP contribution is 2.33. The second kappa shape index (κ2) is 12.0. The van der Waals surface area contributed by atoms with Crippen LogP contribution in [0.15, 0.2) is 77.3 Å². The number of furan rings is 1. The first-order valence-electron chi connectivity index (χ1n) is 13.6. The van der Waals surface area contributed by atoms with Crippen LogP contribution in [0.1, 0.15) is 52.5 Å². The minimum absolute atomic E-state index is 0.0747. The van der Waals surface area contributed by atoms with Gasteiger partial charge in [0.1, 0.15) is 17.1 Å². The maximum absolute atomic E-state index is 14.0. The SMILES string of the molecule is Cc1cc(C(=O)N(Cc2ccc(C(F)(F)F)o2)Cc2ccc(-c3cccc(C(C)(C)C(=O)O)c3)cc2Cl)c2ncc(F)cc2n1. The number of carbonyl (C=O) groups excluding carboxylic acids is 1. The minimum Gasteiger partial charge on any atom is -0.481 e. The van der Waals surface area contributed by atoms with Crippen molar-refractivity contribution in [2.75, 3.05) is 0 Å². The molecule has 1 N–H and O–H groups in total. The number of aromatic nitrogens is 2. The van der Waals surface area contributed by atoms with E-state index in [1.165, 1.54) is 11.0 Å². The molecular formula is C33H26ClF4N3O4. The van der Waals surface area contributed by atoms with Gasteiger partial charge in [-0.25, -0.2) is 4.39 Å². The maximum Gasteiger partial charge on any atom is 0.449 e. The summed E-state index contributed by atoms with van der Waals surface area (Å²) >= 11 is 6.69. The molecule has 0 saturated carbocycles. The molecule has 3 heterocycles. The number of rotatable bonds is 8. The zero-order valence-corrected chi connectivity index (χ0v) is 25.0. The number of fused-ring (bicyclic) bond motifs is 1. The van der Waals surface area contributed by atoms with Gasteiger partial charge in [-0.15, -0.1) is 0 Å². The van der Waals surface area contributed by atoms with Gasteiger partial charge in [-0.2, -0.15) is 13.2 Å². The van der Waals surface area contributed by atoms with Crippen molar-refractivity contribution in [1.82, 2.24) is 14.9 Å². The fraction of sp³-hybridized carbons (Fsp3) is 0.212. The average Bonchev–Trinajstić information content (AvgIpc) is 3.46. The van der Waals surface area contributed by atoms with E-state index in [0.717, 1.165) is 30.0 Å². The molecule has 2 aromatic carbocycles. The van der Waals surface area contributed by atoms with Crippen molar-refractivity contribution in [2.45, 2.75) is 45.5 Å². The Morgan fingerprint density at radius 2 is 1.71 bits per heavy atom. The van der Waals surface area contributed by atoms with E-state index in [1.807, 2.05) is 6.07 Å². The number of benzene rings is 2. The number of carboxylic acid groups (broad SMARTS) is 1. The lowest BCUT2D eigenvalue weighted by atomic mass is 9.83. The summed E-state index contributed by atoms with van der Waals surface area (Å²) in [7, 11) is 0. The number of nitrogens with zero attached hydrogens (tertiary/aromatic N) is 3. The van der Waals surface area contributed by atoms with Crippen LogP contribution in [0.4, 0.5) is 17.6 Å². The molecule has 12 heteroatoms. The molecule has 0 aliphatic carbocycles. The first kappa shape index (κ1) is 31.6. The number of halogens is 5. The smallest absolute Gasteiger partial charge is 0.449 e. The molecule has 1 amide bonds. The van der Waals surface area contributed by atoms with E-state index in [-0.39, 0.29) is 40.5 Å². The zero-order chi connectivity index (χ0) is 32.7. The molecule has 45 heavy (non-hydrogen) atoms. The Labute approximate surface area is 260 Å². The van der Waals surface area contributed by atoms with E-state index >= 15 is 0 Å². The molecule has 0 aliphatic heterocycles. The molecule has 232 valence electrons. The van der Waals surface area contributed by atoms with Gasteiger partial charge in [0.15, 0.2) is 0 Å². The predicted molar refractivity (Wildman–Crippen MR) is 159 cm³/mol. The molecule has 7 nitrogen and oxygen atoms in total. The van der Waals surface area contributed by atoms with Crippen LogP contribution in [-0.4, -0.2) is 31.9 Å². The van der Waals surface area contributed by atoms with E-state index in [4.69, 9.17) is 16.0 Å². The number of amides is 1. The monoisotopic (exact) mass is 639 g/mol. The lowest BCUT2D eigenvalue weighted by Gasteiger charge is -2.24. The van der Waals surface area contributed by atoms with Crippen molar-refractivity contribution in [3.63, 3.8) is 0 Å². The van der Waals surface area contributed by atoms with Gasteiger partial charge in [-0.3, -0.25) is 19.6 Å². The van der Waals surface area contributed by atoms with Gasteiger partial charge in [0.25, 0.3) is 5.91 Å². The normalized spacial score (nSPS) is 12.0. The number of alkyl halides is 3. The average molecular weight is 640 g/mol. The van der Waals surface area contributed by atoms with E-state index in [9.17, 15) is 32.3 Å². The number of aliphatic carboxylic acids is 1. The summed E-state index contributed by atoms with van der Waals surface area (Å²) < 4.78 is 58.7. The highest BCUT2D eigenvalue weighted by Gasteiger charge is 2.35. The third-order valence-electron chi connectivity index (χ3n) is 7.41. The second-order valence-electron chi connectivity index (χ2n) is 11.1. The first-order valence-corrected chi connectivity index (χ1v) is 14.0. The van der Waals surface area contributed by atoms with Gasteiger partial charge in [-0.05, 0) is 67.3 Å². The van der Waals surface area contributed by atoms with Crippen LogP contribution in [-0.2, 0) is 29.5 Å². The third kappa shape index (κ3) is 6.68. The summed E-state index contributed by atoms with van der Waals surface area (Å²) in [6.07, 6.45) is -3.76. The van der Waals surface area contributed by atoms with Crippen molar-refractivity contribution in [3.8, 4) is 11.1 Å². The molecule has 5 aromatic rings. The van der Waals surface area contributed by atoms with Gasteiger partial charge in [-0.1, -0.05) is 48.0 Å². The van der Waals surface area contributed by atoms with E-state index in [1.54, 1.807) is 57.2 Å². The van der Waals surface area contributed by atoms with Crippen molar-refractivity contribution in [2.24, 2.45) is 0 Å². The summed E-state index contributed by atoms with van der Waals surface area (Å²) in [6.45, 7) is 4.36. The van der Waals surface area contributed by atoms with Gasteiger partial charge < -0.3 is 14.4 Å². The standard InChI is InChI=1S/C33H26ClF4N3O4/c1-18-11-25(29-27(40-18)14-23(35)15-39-29)30(42)41(17-24-9-10-28(45-24)33(36,37)38)16-21-8-7-20(13-26(21)34)19-5-4-6-22(12-19)32(2,3)31(43)44/h4-15H,16-17H2,1-3H3,(H,43,44). The Morgan fingerprint density at radius 1 is 0.978 bits per heavy atom. The van der Waals surface area contributed by atoms with Gasteiger partial charge in [0.2, 0.25) is 5.76 Å². The predicted octanol–water partition coefficient (Wildman–Crippen LogP) is 8.21. The molecule has 0 spiro atoms. The van der Waals surface area contributed by atoms with Crippen LogP contribution in [0.25, 0.3) is 22.2 Å². The summed E-state index contributed by atoms with van der Waals surface area (Å²) in [5.74, 6) is -3.55. The number of aryl methyl sites for hydroxylation is 1. The Hall–Kier alpha value is -4.77. The molecule has 0 aliphatic rings. The van der Waals surface area contributed by atoms with Gasteiger partial charge in [0.05, 0.1) is 29.2 Å². The third-order valence-corrected chi connectivity index (χ3v) is 7.76. The number of hydrogen-bond donors (Lipinski definition) is 1. The molecule has 0 bridgehead atoms. The molecule has 0 fully saturated rings. The molecule has 0 unspecified atom stereocenters. The highest BCUT2D eigenvalue weighted by atomic mass is 35.5. The Balaban J connectivity index is 1.52. The molecular weight excluding hydrogens is 614 g/mol. The van der Waals surface area contributed by atoms with E-state index in [0.29, 0.717) is 22.4 Å². The van der Waals surface area contributed by atoms with Crippen LogP contribution in [0.3, 0.4) is 0 Å².